The number of carboxylic acid groups (broad SMARTS) is 1. The number of nitrogens with one attached hydrogen (secondary N) is 1. The number of aliphatic hydroxyl groups is 1. The number of aldehydes is 1. The van der Waals surface area contributed by atoms with Crippen molar-refractivity contribution in [2.45, 2.75) is 6.10 Å². The van der Waals surface area contributed by atoms with E-state index in [1.165, 1.54) is 18.2 Å². The van der Waals surface area contributed by atoms with E-state index in [0.717, 1.165) is 0 Å². The molecule has 80 valence electrons. The summed E-state index contributed by atoms with van der Waals surface area (Å²) in [7, 11) is 0. The molecule has 0 heterocycles. The summed E-state index contributed by atoms with van der Waals surface area (Å²) >= 11 is 0. The first kappa shape index (κ1) is 11.2. The highest BCUT2D eigenvalue weighted by Crippen LogP contribution is 2.23. The first-order valence-corrected chi connectivity index (χ1v) is 4.07. The number of benzene rings is 1. The quantitative estimate of drug-likeness (QED) is 0.313. The lowest BCUT2D eigenvalue weighted by atomic mass is 10.0. The van der Waals surface area contributed by atoms with Crippen LogP contribution in [0.1, 0.15) is 22.0 Å². The molecule has 1 rings (SSSR count). The van der Waals surface area contributed by atoms with Crippen molar-refractivity contribution in [1.82, 2.24) is 0 Å². The minimum atomic E-state index is -1.74. The second-order valence-electron chi connectivity index (χ2n) is 2.81. The van der Waals surface area contributed by atoms with Gasteiger partial charge in [0, 0.05) is 11.1 Å². The third-order valence-corrected chi connectivity index (χ3v) is 1.94. The summed E-state index contributed by atoms with van der Waals surface area (Å²) in [4.78, 5) is 21.3. The van der Waals surface area contributed by atoms with Crippen LogP contribution in [0.5, 0.6) is 0 Å². The molecule has 1 aromatic carbocycles. The maximum Gasteiger partial charge on any atom is 0.337 e. The number of hydrogen-bond donors (Lipinski definition) is 4. The molecule has 0 bridgehead atoms. The van der Waals surface area contributed by atoms with E-state index < -0.39 is 12.1 Å². The van der Waals surface area contributed by atoms with E-state index in [9.17, 15) is 14.7 Å². The number of carboxylic acids is 1. The van der Waals surface area contributed by atoms with Gasteiger partial charge in [-0.15, -0.1) is 0 Å². The van der Waals surface area contributed by atoms with Crippen LogP contribution in [-0.2, 0) is 4.79 Å². The van der Waals surface area contributed by atoms with E-state index >= 15 is 0 Å². The van der Waals surface area contributed by atoms with Gasteiger partial charge in [-0.1, -0.05) is 12.1 Å². The Balaban J connectivity index is 3.28. The lowest BCUT2D eigenvalue weighted by Crippen LogP contribution is -2.15. The summed E-state index contributed by atoms with van der Waals surface area (Å²) in [6.07, 6.45) is -1.30. The SMILES string of the molecule is NNc1cccc(C(O)C(=O)O)c1C=O. The molecule has 1 aromatic rings. The van der Waals surface area contributed by atoms with Gasteiger partial charge in [-0.25, -0.2) is 4.79 Å². The summed E-state index contributed by atoms with van der Waals surface area (Å²) in [5.41, 5.74) is 2.56. The average Bonchev–Trinajstić information content (AvgIpc) is 2.26. The fraction of sp³-hybridized carbons (Fsp3) is 0.111. The lowest BCUT2D eigenvalue weighted by molar-refractivity contribution is -0.146. The second-order valence-corrected chi connectivity index (χ2v) is 2.81. The molecule has 0 aromatic heterocycles. The highest BCUT2D eigenvalue weighted by atomic mass is 16.4. The van der Waals surface area contributed by atoms with Gasteiger partial charge >= 0.3 is 5.97 Å². The second kappa shape index (κ2) is 4.54. The minimum Gasteiger partial charge on any atom is -0.479 e. The Morgan fingerprint density at radius 2 is 2.20 bits per heavy atom. The smallest absolute Gasteiger partial charge is 0.337 e. The van der Waals surface area contributed by atoms with E-state index in [4.69, 9.17) is 10.9 Å². The summed E-state index contributed by atoms with van der Waals surface area (Å²) in [5, 5.41) is 17.9. The van der Waals surface area contributed by atoms with Crippen LogP contribution in [0.3, 0.4) is 0 Å². The van der Waals surface area contributed by atoms with Crippen molar-refractivity contribution in [3.05, 3.63) is 29.3 Å². The molecule has 15 heavy (non-hydrogen) atoms. The topological polar surface area (TPSA) is 113 Å². The number of aliphatic hydroxyl groups excluding tert-OH is 1. The molecule has 0 fully saturated rings. The van der Waals surface area contributed by atoms with Crippen molar-refractivity contribution >= 4 is 17.9 Å². The lowest BCUT2D eigenvalue weighted by Gasteiger charge is -2.11. The van der Waals surface area contributed by atoms with E-state index in [1.807, 2.05) is 0 Å². The van der Waals surface area contributed by atoms with E-state index in [1.54, 1.807) is 0 Å². The van der Waals surface area contributed by atoms with Crippen LogP contribution in [0.4, 0.5) is 5.69 Å². The number of carbonyl (C=O) groups excluding carboxylic acids is 1. The maximum atomic E-state index is 10.7. The zero-order chi connectivity index (χ0) is 11.4. The number of hydrazine groups is 1. The summed E-state index contributed by atoms with van der Waals surface area (Å²) in [6.45, 7) is 0. The fourth-order valence-electron chi connectivity index (χ4n) is 1.21. The average molecular weight is 210 g/mol. The van der Waals surface area contributed by atoms with Crippen LogP contribution < -0.4 is 11.3 Å². The monoisotopic (exact) mass is 210 g/mol. The molecule has 0 aliphatic heterocycles. The van der Waals surface area contributed by atoms with Crippen molar-refractivity contribution < 1.29 is 19.8 Å². The zero-order valence-corrected chi connectivity index (χ0v) is 7.68. The van der Waals surface area contributed by atoms with Gasteiger partial charge in [0.2, 0.25) is 0 Å². The van der Waals surface area contributed by atoms with Gasteiger partial charge in [0.1, 0.15) is 0 Å². The highest BCUT2D eigenvalue weighted by Gasteiger charge is 2.20. The van der Waals surface area contributed by atoms with Crippen LogP contribution in [0.2, 0.25) is 0 Å². The molecule has 1 unspecified atom stereocenters. The Labute approximate surface area is 85.3 Å². The number of aliphatic carboxylic acids is 1. The normalized spacial score (nSPS) is 11.9. The predicted molar refractivity (Wildman–Crippen MR) is 52.2 cm³/mol. The van der Waals surface area contributed by atoms with Crippen LogP contribution >= 0.6 is 0 Å². The molecule has 0 saturated carbocycles. The maximum absolute atomic E-state index is 10.7. The van der Waals surface area contributed by atoms with Gasteiger partial charge in [0.25, 0.3) is 0 Å². The van der Waals surface area contributed by atoms with Gasteiger partial charge in [0.05, 0.1) is 5.69 Å². The van der Waals surface area contributed by atoms with Crippen molar-refractivity contribution in [2.75, 3.05) is 5.43 Å². The van der Waals surface area contributed by atoms with Crippen molar-refractivity contribution in [3.8, 4) is 0 Å². The van der Waals surface area contributed by atoms with E-state index in [0.29, 0.717) is 6.29 Å². The van der Waals surface area contributed by atoms with Crippen LogP contribution in [0, 0.1) is 0 Å². The summed E-state index contributed by atoms with van der Waals surface area (Å²) in [6, 6.07) is 4.34. The van der Waals surface area contributed by atoms with Gasteiger partial charge < -0.3 is 15.6 Å². The highest BCUT2D eigenvalue weighted by molar-refractivity contribution is 5.89. The van der Waals surface area contributed by atoms with Crippen LogP contribution in [-0.4, -0.2) is 22.5 Å². The van der Waals surface area contributed by atoms with Crippen molar-refractivity contribution in [1.29, 1.82) is 0 Å². The Bertz CT molecular complexity index is 392. The molecule has 0 aliphatic rings. The van der Waals surface area contributed by atoms with Crippen molar-refractivity contribution in [3.63, 3.8) is 0 Å². The molecule has 0 radical (unpaired) electrons. The standard InChI is InChI=1S/C9H10N2O4/c10-11-7-3-1-2-5(6(7)4-12)8(13)9(14)15/h1-4,8,11,13H,10H2,(H,14,15). The number of nitrogens with two attached hydrogens (primary N) is 1. The van der Waals surface area contributed by atoms with Crippen LogP contribution in [0.25, 0.3) is 0 Å². The number of carbonyl (C=O) groups is 2. The zero-order valence-electron chi connectivity index (χ0n) is 7.68. The van der Waals surface area contributed by atoms with Gasteiger partial charge in [0.15, 0.2) is 12.4 Å². The Kier molecular flexibility index (Phi) is 3.37. The number of anilines is 1. The van der Waals surface area contributed by atoms with Crippen LogP contribution in [0.15, 0.2) is 18.2 Å². The van der Waals surface area contributed by atoms with Gasteiger partial charge in [-0.2, -0.15) is 0 Å². The third kappa shape index (κ3) is 2.12. The molecule has 0 spiro atoms. The molecule has 6 heteroatoms. The molecule has 0 aliphatic carbocycles. The molecular formula is C9H10N2O4. The first-order valence-electron chi connectivity index (χ1n) is 4.07. The minimum absolute atomic E-state index is 0.00736. The summed E-state index contributed by atoms with van der Waals surface area (Å²) in [5.74, 6) is 3.71. The third-order valence-electron chi connectivity index (χ3n) is 1.94. The predicted octanol–water partition coefficient (Wildman–Crippen LogP) is -0.0973. The Morgan fingerprint density at radius 3 is 2.67 bits per heavy atom. The van der Waals surface area contributed by atoms with Crippen molar-refractivity contribution in [2.24, 2.45) is 5.84 Å². The van der Waals surface area contributed by atoms with Gasteiger partial charge in [-0.05, 0) is 6.07 Å². The molecule has 1 atom stereocenters. The Hall–Kier alpha value is -1.92. The molecule has 6 nitrogen and oxygen atoms in total. The number of rotatable bonds is 4. The largest absolute Gasteiger partial charge is 0.479 e. The number of nitrogen functional groups attached to an aromatic ring is 1. The molecule has 5 N–H and O–H groups in total. The number of hydrogen-bond acceptors (Lipinski definition) is 5. The molecule has 0 saturated heterocycles. The molecule has 0 amide bonds. The molecular weight excluding hydrogens is 200 g/mol. The van der Waals surface area contributed by atoms with E-state index in [2.05, 4.69) is 5.43 Å². The van der Waals surface area contributed by atoms with E-state index in [-0.39, 0.29) is 16.8 Å². The summed E-state index contributed by atoms with van der Waals surface area (Å²) < 4.78 is 0. The van der Waals surface area contributed by atoms with Gasteiger partial charge in [-0.3, -0.25) is 10.6 Å². The fourth-order valence-corrected chi connectivity index (χ4v) is 1.21. The first-order chi connectivity index (χ1) is 7.11. The Morgan fingerprint density at radius 1 is 1.53 bits per heavy atom.